The number of aliphatic hydroxyl groups excluding tert-OH is 1. The van der Waals surface area contributed by atoms with Gasteiger partial charge in [0, 0.05) is 24.0 Å². The first kappa shape index (κ1) is 29.2. The zero-order valence-corrected chi connectivity index (χ0v) is 23.1. The molecular weight excluding hydrogens is 553 g/mol. The van der Waals surface area contributed by atoms with Crippen molar-refractivity contribution in [3.05, 3.63) is 64.1 Å². The number of fused-ring (bicyclic) bond motifs is 1. The maximum Gasteiger partial charge on any atom is 0.417 e. The van der Waals surface area contributed by atoms with Gasteiger partial charge in [-0.15, -0.1) is 0 Å². The van der Waals surface area contributed by atoms with Gasteiger partial charge in [0.25, 0.3) is 5.91 Å². The summed E-state index contributed by atoms with van der Waals surface area (Å²) in [6.07, 6.45) is -3.86. The largest absolute Gasteiger partial charge is 0.444 e. The summed E-state index contributed by atoms with van der Waals surface area (Å²) < 4.78 is 46.2. The molecular formula is C26H28ClF3N6O4. The number of pyridine rings is 1. The van der Waals surface area contributed by atoms with Gasteiger partial charge in [-0.05, 0) is 64.4 Å². The summed E-state index contributed by atoms with van der Waals surface area (Å²) in [5.41, 5.74) is -0.206. The molecule has 40 heavy (non-hydrogen) atoms. The van der Waals surface area contributed by atoms with Crippen molar-refractivity contribution in [3.8, 4) is 0 Å². The van der Waals surface area contributed by atoms with E-state index in [9.17, 15) is 27.9 Å². The normalized spacial score (nSPS) is 16.4. The van der Waals surface area contributed by atoms with Crippen LogP contribution < -0.4 is 15.5 Å². The minimum atomic E-state index is -4.63. The third-order valence-electron chi connectivity index (χ3n) is 6.04. The van der Waals surface area contributed by atoms with Crippen molar-refractivity contribution < 1.29 is 32.6 Å². The zero-order chi connectivity index (χ0) is 29.6. The van der Waals surface area contributed by atoms with Crippen LogP contribution >= 0.6 is 11.6 Å². The zero-order valence-electron chi connectivity index (χ0n) is 22.3. The maximum atomic E-state index is 13.5. The first-order valence-electron chi connectivity index (χ1n) is 12.2. The Morgan fingerprint density at radius 3 is 2.52 bits per heavy atom. The lowest BCUT2D eigenvalue weighted by Gasteiger charge is -2.33. The third-order valence-corrected chi connectivity index (χ3v) is 6.36. The number of aliphatic hydroxyl groups is 1. The minimum absolute atomic E-state index is 0.114. The van der Waals surface area contributed by atoms with Crippen molar-refractivity contribution in [1.82, 2.24) is 14.8 Å². The highest BCUT2D eigenvalue weighted by atomic mass is 35.5. The fraction of sp³-hybridized carbons (Fsp3) is 0.385. The van der Waals surface area contributed by atoms with Crippen LogP contribution in [0.2, 0.25) is 5.02 Å². The molecule has 1 unspecified atom stereocenters. The van der Waals surface area contributed by atoms with Crippen LogP contribution in [-0.2, 0) is 10.9 Å². The summed E-state index contributed by atoms with van der Waals surface area (Å²) in [6.45, 7) is 8.84. The smallest absolute Gasteiger partial charge is 0.417 e. The number of hydrogen-bond acceptors (Lipinski definition) is 7. The van der Waals surface area contributed by atoms with Crippen LogP contribution in [0.15, 0.2) is 36.7 Å². The van der Waals surface area contributed by atoms with E-state index in [0.29, 0.717) is 11.1 Å². The van der Waals surface area contributed by atoms with Crippen LogP contribution in [0, 0.1) is 6.92 Å². The molecule has 14 heteroatoms. The summed E-state index contributed by atoms with van der Waals surface area (Å²) in [7, 11) is 0. The molecule has 0 bridgehead atoms. The van der Waals surface area contributed by atoms with Gasteiger partial charge < -0.3 is 20.1 Å². The second-order valence-electron chi connectivity index (χ2n) is 10.4. The van der Waals surface area contributed by atoms with E-state index in [-0.39, 0.29) is 35.5 Å². The molecule has 1 aliphatic heterocycles. The van der Waals surface area contributed by atoms with Crippen molar-refractivity contribution in [1.29, 1.82) is 0 Å². The molecule has 3 N–H and O–H groups in total. The van der Waals surface area contributed by atoms with E-state index in [1.54, 1.807) is 40.7 Å². The number of ether oxygens (including phenoxy) is 1. The van der Waals surface area contributed by atoms with Gasteiger partial charge in [0.05, 0.1) is 28.5 Å². The Labute approximate surface area is 233 Å². The second kappa shape index (κ2) is 10.6. The van der Waals surface area contributed by atoms with Crippen LogP contribution in [0.4, 0.5) is 35.2 Å². The molecule has 1 aliphatic rings. The van der Waals surface area contributed by atoms with Crippen LogP contribution in [0.1, 0.15) is 67.1 Å². The number of rotatable bonds is 5. The van der Waals surface area contributed by atoms with Crippen molar-refractivity contribution in [2.75, 3.05) is 22.1 Å². The number of aromatic nitrogens is 3. The quantitative estimate of drug-likeness (QED) is 0.320. The number of nitrogens with one attached hydrogen (secondary N) is 2. The molecule has 214 valence electrons. The average Bonchev–Trinajstić information content (AvgIpc) is 3.23. The molecule has 1 aromatic carbocycles. The number of nitrogens with zero attached hydrogens (tertiary/aromatic N) is 4. The van der Waals surface area contributed by atoms with E-state index in [4.69, 9.17) is 16.3 Å². The van der Waals surface area contributed by atoms with Gasteiger partial charge in [0.15, 0.2) is 6.23 Å². The van der Waals surface area contributed by atoms with Crippen molar-refractivity contribution in [2.45, 2.75) is 58.7 Å². The van der Waals surface area contributed by atoms with E-state index in [1.807, 2.05) is 0 Å². The predicted molar refractivity (Wildman–Crippen MR) is 142 cm³/mol. The Morgan fingerprint density at radius 1 is 1.23 bits per heavy atom. The van der Waals surface area contributed by atoms with Crippen LogP contribution in [-0.4, -0.2) is 44.0 Å². The van der Waals surface area contributed by atoms with E-state index >= 15 is 0 Å². The van der Waals surface area contributed by atoms with Crippen molar-refractivity contribution >= 4 is 40.8 Å². The van der Waals surface area contributed by atoms with E-state index in [0.717, 1.165) is 12.1 Å². The molecule has 4 rings (SSSR count). The number of benzene rings is 1. The summed E-state index contributed by atoms with van der Waals surface area (Å²) >= 11 is 5.89. The number of halogens is 4. The lowest BCUT2D eigenvalue weighted by molar-refractivity contribution is -0.137. The number of carbonyl (C=O) groups is 2. The average molecular weight is 581 g/mol. The number of anilines is 3. The number of aryl methyl sites for hydroxylation is 1. The van der Waals surface area contributed by atoms with E-state index in [1.165, 1.54) is 28.0 Å². The van der Waals surface area contributed by atoms with Crippen molar-refractivity contribution in [3.63, 3.8) is 0 Å². The maximum absolute atomic E-state index is 13.5. The lowest BCUT2D eigenvalue weighted by Crippen LogP contribution is -2.43. The molecule has 0 spiro atoms. The lowest BCUT2D eigenvalue weighted by atomic mass is 10.1. The number of alkyl halides is 3. The Hall–Kier alpha value is -3.84. The standard InChI is InChI=1S/C26H28ClF3N6O4/c1-13-8-20(34-24(39)40-25(3,4)5)31-10-16(13)22(37)33-19-11-32-36-14(2)12-35(23(38)21(19)36)15-6-7-17(18(27)9-15)26(28,29)30/h6-11,14,22,33,37H,12H2,1-5H3,(H,31,34,39)/t14-,22?/m0/s1. The van der Waals surface area contributed by atoms with Gasteiger partial charge in [0.1, 0.15) is 17.1 Å². The summed E-state index contributed by atoms with van der Waals surface area (Å²) in [5, 5.41) is 20.1. The fourth-order valence-corrected chi connectivity index (χ4v) is 4.53. The molecule has 2 atom stereocenters. The van der Waals surface area contributed by atoms with Gasteiger partial charge >= 0.3 is 12.3 Å². The third kappa shape index (κ3) is 6.15. The molecule has 0 radical (unpaired) electrons. The molecule has 3 aromatic rings. The minimum Gasteiger partial charge on any atom is -0.444 e. The van der Waals surface area contributed by atoms with Gasteiger partial charge in [-0.2, -0.15) is 18.3 Å². The van der Waals surface area contributed by atoms with E-state index < -0.39 is 40.6 Å². The number of carbonyl (C=O) groups excluding carboxylic acids is 2. The first-order valence-corrected chi connectivity index (χ1v) is 12.6. The fourth-order valence-electron chi connectivity index (χ4n) is 4.25. The molecule has 2 aromatic heterocycles. The van der Waals surface area contributed by atoms with Crippen LogP contribution in [0.5, 0.6) is 0 Å². The Bertz CT molecular complexity index is 1450. The van der Waals surface area contributed by atoms with Crippen LogP contribution in [0.3, 0.4) is 0 Å². The topological polar surface area (TPSA) is 122 Å². The van der Waals surface area contributed by atoms with E-state index in [2.05, 4.69) is 20.7 Å². The molecule has 0 saturated carbocycles. The summed E-state index contributed by atoms with van der Waals surface area (Å²) in [4.78, 5) is 31.0. The monoisotopic (exact) mass is 580 g/mol. The molecule has 10 nitrogen and oxygen atoms in total. The summed E-state index contributed by atoms with van der Waals surface area (Å²) in [5.74, 6) is -0.312. The number of hydrogen-bond donors (Lipinski definition) is 3. The molecule has 0 fully saturated rings. The highest BCUT2D eigenvalue weighted by molar-refractivity contribution is 6.31. The van der Waals surface area contributed by atoms with Gasteiger partial charge in [0.2, 0.25) is 0 Å². The van der Waals surface area contributed by atoms with Gasteiger partial charge in [-0.1, -0.05) is 11.6 Å². The Morgan fingerprint density at radius 2 is 1.93 bits per heavy atom. The molecule has 0 aliphatic carbocycles. The van der Waals surface area contributed by atoms with Gasteiger partial charge in [-0.3, -0.25) is 14.8 Å². The second-order valence-corrected chi connectivity index (χ2v) is 10.8. The number of amides is 2. The van der Waals surface area contributed by atoms with Crippen LogP contribution in [0.25, 0.3) is 0 Å². The first-order chi connectivity index (χ1) is 18.5. The predicted octanol–water partition coefficient (Wildman–Crippen LogP) is 5.93. The molecule has 2 amide bonds. The summed E-state index contributed by atoms with van der Waals surface area (Å²) in [6, 6.07) is 4.35. The highest BCUT2D eigenvalue weighted by Crippen LogP contribution is 2.38. The molecule has 3 heterocycles. The Balaban J connectivity index is 1.55. The highest BCUT2D eigenvalue weighted by Gasteiger charge is 2.36. The Kier molecular flexibility index (Phi) is 7.74. The molecule has 0 saturated heterocycles. The van der Waals surface area contributed by atoms with Gasteiger partial charge in [-0.25, -0.2) is 9.78 Å². The van der Waals surface area contributed by atoms with Crippen molar-refractivity contribution in [2.24, 2.45) is 0 Å². The SMILES string of the molecule is Cc1cc(NC(=O)OC(C)(C)C)ncc1C(O)Nc1cnn2c1C(=O)N(c1ccc(C(F)(F)F)c(Cl)c1)C[C@@H]2C.